The number of nitrogens with zero attached hydrogens (tertiary/aromatic N) is 2. The third kappa shape index (κ3) is 3.21. The minimum Gasteiger partial charge on any atom is -0.384 e. The third-order valence-corrected chi connectivity index (χ3v) is 4.52. The van der Waals surface area contributed by atoms with Crippen LogP contribution in [-0.4, -0.2) is 59.6 Å². The number of hydrogen-bond acceptors (Lipinski definition) is 4. The number of aliphatic hydroxyl groups is 1. The molecule has 0 spiro atoms. The van der Waals surface area contributed by atoms with Crippen molar-refractivity contribution in [3.05, 3.63) is 21.9 Å². The second-order valence-corrected chi connectivity index (χ2v) is 5.77. The summed E-state index contributed by atoms with van der Waals surface area (Å²) in [6.45, 7) is 7.59. The number of likely N-dealkylation sites (N-methyl/N-ethyl adjacent to an activating group) is 1. The van der Waals surface area contributed by atoms with Crippen LogP contribution in [0.3, 0.4) is 0 Å². The minimum atomic E-state index is -0.185. The largest absolute Gasteiger partial charge is 0.384 e. The van der Waals surface area contributed by atoms with E-state index in [2.05, 4.69) is 30.6 Å². The van der Waals surface area contributed by atoms with Crippen LogP contribution >= 0.6 is 11.3 Å². The maximum atomic E-state index is 12.6. The van der Waals surface area contributed by atoms with Crippen molar-refractivity contribution in [2.45, 2.75) is 19.9 Å². The molecule has 1 aliphatic heterocycles. The molecule has 20 heavy (non-hydrogen) atoms. The van der Waals surface area contributed by atoms with Crippen LogP contribution in [0.2, 0.25) is 0 Å². The van der Waals surface area contributed by atoms with E-state index in [-0.39, 0.29) is 12.5 Å². The third-order valence-electron chi connectivity index (χ3n) is 3.62. The second-order valence-electron chi connectivity index (χ2n) is 4.85. The van der Waals surface area contributed by atoms with Crippen LogP contribution in [-0.2, 0) is 0 Å². The molecule has 1 saturated heterocycles. The van der Waals surface area contributed by atoms with Crippen molar-refractivity contribution in [3.63, 3.8) is 0 Å². The zero-order valence-corrected chi connectivity index (χ0v) is 12.7. The molecule has 0 bridgehead atoms. The van der Waals surface area contributed by atoms with E-state index in [1.54, 1.807) is 0 Å². The molecule has 1 aromatic heterocycles. The summed E-state index contributed by atoms with van der Waals surface area (Å²) in [4.78, 5) is 17.5. The van der Waals surface area contributed by atoms with Crippen LogP contribution < -0.4 is 0 Å². The molecule has 2 heterocycles. The highest BCUT2D eigenvalue weighted by Gasteiger charge is 2.27. The first-order valence-electron chi connectivity index (χ1n) is 6.88. The van der Waals surface area contributed by atoms with Gasteiger partial charge in [-0.25, -0.2) is 0 Å². The predicted octanol–water partition coefficient (Wildman–Crippen LogP) is 1.26. The molecular formula is C15H20N2O2S. The van der Waals surface area contributed by atoms with Gasteiger partial charge >= 0.3 is 0 Å². The molecule has 1 aliphatic rings. The predicted molar refractivity (Wildman–Crippen MR) is 80.9 cm³/mol. The van der Waals surface area contributed by atoms with Gasteiger partial charge in [0.1, 0.15) is 11.5 Å². The van der Waals surface area contributed by atoms with E-state index in [1.807, 2.05) is 16.3 Å². The summed E-state index contributed by atoms with van der Waals surface area (Å²) in [5.41, 5.74) is 0.722. The smallest absolute Gasteiger partial charge is 0.265 e. The summed E-state index contributed by atoms with van der Waals surface area (Å²) in [5, 5.41) is 10.6. The van der Waals surface area contributed by atoms with E-state index in [9.17, 15) is 4.79 Å². The number of aliphatic hydroxyl groups excluding tert-OH is 1. The Bertz CT molecular complexity index is 529. The average Bonchev–Trinajstić information content (AvgIpc) is 2.92. The Hall–Kier alpha value is -1.35. The highest BCUT2D eigenvalue weighted by atomic mass is 32.1. The molecule has 1 atom stereocenters. The molecule has 1 N–H and O–H groups in total. The first-order chi connectivity index (χ1) is 9.67. The van der Waals surface area contributed by atoms with Crippen molar-refractivity contribution in [3.8, 4) is 11.8 Å². The normalized spacial score (nSPS) is 19.6. The molecule has 1 unspecified atom stereocenters. The molecular weight excluding hydrogens is 272 g/mol. The molecule has 0 aromatic carbocycles. The van der Waals surface area contributed by atoms with Crippen molar-refractivity contribution in [1.29, 1.82) is 0 Å². The van der Waals surface area contributed by atoms with E-state index in [0.717, 1.165) is 31.7 Å². The number of amides is 1. The SMILES string of the molecule is CCN1CCN(C(=O)c2sccc2C#CCO)CC1C. The van der Waals surface area contributed by atoms with Gasteiger partial charge in [0.05, 0.1) is 0 Å². The van der Waals surface area contributed by atoms with Gasteiger partial charge in [0, 0.05) is 31.2 Å². The number of piperazine rings is 1. The fourth-order valence-corrected chi connectivity index (χ4v) is 3.32. The lowest BCUT2D eigenvalue weighted by Crippen LogP contribution is -2.53. The van der Waals surface area contributed by atoms with E-state index in [0.29, 0.717) is 10.9 Å². The topological polar surface area (TPSA) is 43.8 Å². The summed E-state index contributed by atoms with van der Waals surface area (Å²) in [6.07, 6.45) is 0. The van der Waals surface area contributed by atoms with Gasteiger partial charge in [0.15, 0.2) is 0 Å². The van der Waals surface area contributed by atoms with Crippen LogP contribution in [0, 0.1) is 11.8 Å². The van der Waals surface area contributed by atoms with Gasteiger partial charge in [-0.05, 0) is 24.9 Å². The van der Waals surface area contributed by atoms with Gasteiger partial charge in [0.2, 0.25) is 0 Å². The van der Waals surface area contributed by atoms with Crippen LogP contribution in [0.25, 0.3) is 0 Å². The van der Waals surface area contributed by atoms with E-state index < -0.39 is 0 Å². The van der Waals surface area contributed by atoms with Gasteiger partial charge < -0.3 is 10.0 Å². The summed E-state index contributed by atoms with van der Waals surface area (Å²) in [6, 6.07) is 2.23. The average molecular weight is 292 g/mol. The monoisotopic (exact) mass is 292 g/mol. The molecule has 5 heteroatoms. The van der Waals surface area contributed by atoms with Crippen molar-refractivity contribution >= 4 is 17.2 Å². The summed E-state index contributed by atoms with van der Waals surface area (Å²) in [7, 11) is 0. The first-order valence-corrected chi connectivity index (χ1v) is 7.75. The molecule has 0 radical (unpaired) electrons. The van der Waals surface area contributed by atoms with Crippen LogP contribution in [0.15, 0.2) is 11.4 Å². The van der Waals surface area contributed by atoms with Gasteiger partial charge in [0.25, 0.3) is 5.91 Å². The van der Waals surface area contributed by atoms with Crippen LogP contribution in [0.1, 0.15) is 29.1 Å². The minimum absolute atomic E-state index is 0.0600. The first kappa shape index (κ1) is 15.0. The molecule has 108 valence electrons. The Balaban J connectivity index is 2.11. The maximum Gasteiger partial charge on any atom is 0.265 e. The molecule has 0 saturated carbocycles. The lowest BCUT2D eigenvalue weighted by molar-refractivity contribution is 0.0532. The Morgan fingerprint density at radius 3 is 3.00 bits per heavy atom. The maximum absolute atomic E-state index is 12.6. The molecule has 1 aromatic rings. The van der Waals surface area contributed by atoms with E-state index >= 15 is 0 Å². The van der Waals surface area contributed by atoms with Gasteiger partial charge in [-0.3, -0.25) is 9.69 Å². The fraction of sp³-hybridized carbons (Fsp3) is 0.533. The molecule has 4 nitrogen and oxygen atoms in total. The Morgan fingerprint density at radius 2 is 2.35 bits per heavy atom. The molecule has 1 fully saturated rings. The zero-order chi connectivity index (χ0) is 14.5. The number of carbonyl (C=O) groups excluding carboxylic acids is 1. The number of carbonyl (C=O) groups is 1. The second kappa shape index (κ2) is 6.89. The highest BCUT2D eigenvalue weighted by molar-refractivity contribution is 7.12. The van der Waals surface area contributed by atoms with Gasteiger partial charge in [-0.15, -0.1) is 11.3 Å². The van der Waals surface area contributed by atoms with Crippen molar-refractivity contribution in [2.24, 2.45) is 0 Å². The highest BCUT2D eigenvalue weighted by Crippen LogP contribution is 2.20. The summed E-state index contributed by atoms with van der Waals surface area (Å²) in [5.74, 6) is 5.51. The molecule has 2 rings (SSSR count). The summed E-state index contributed by atoms with van der Waals surface area (Å²) < 4.78 is 0. The van der Waals surface area contributed by atoms with Gasteiger partial charge in [-0.2, -0.15) is 0 Å². The Kier molecular flexibility index (Phi) is 5.18. The lowest BCUT2D eigenvalue weighted by atomic mass is 10.1. The quantitative estimate of drug-likeness (QED) is 0.835. The Morgan fingerprint density at radius 1 is 1.55 bits per heavy atom. The van der Waals surface area contributed by atoms with Crippen LogP contribution in [0.4, 0.5) is 0 Å². The van der Waals surface area contributed by atoms with E-state index in [1.165, 1.54) is 11.3 Å². The standard InChI is InChI=1S/C15H20N2O2S/c1-3-16-7-8-17(11-12(16)2)15(19)14-13(5-4-9-18)6-10-20-14/h6,10,12,18H,3,7-9,11H2,1-2H3. The Labute approximate surface area is 124 Å². The van der Waals surface area contributed by atoms with Crippen LogP contribution in [0.5, 0.6) is 0 Å². The number of thiophene rings is 1. The van der Waals surface area contributed by atoms with Crippen molar-refractivity contribution in [1.82, 2.24) is 9.80 Å². The number of rotatable bonds is 2. The molecule has 0 aliphatic carbocycles. The van der Waals surface area contributed by atoms with Gasteiger partial charge in [-0.1, -0.05) is 18.8 Å². The van der Waals surface area contributed by atoms with E-state index in [4.69, 9.17) is 5.11 Å². The summed E-state index contributed by atoms with van der Waals surface area (Å²) >= 11 is 1.42. The van der Waals surface area contributed by atoms with Crippen molar-refractivity contribution in [2.75, 3.05) is 32.8 Å². The lowest BCUT2D eigenvalue weighted by Gasteiger charge is -2.39. The zero-order valence-electron chi connectivity index (χ0n) is 11.9. The number of hydrogen-bond donors (Lipinski definition) is 1. The molecule has 1 amide bonds. The fourth-order valence-electron chi connectivity index (χ4n) is 2.50. The van der Waals surface area contributed by atoms with Crippen molar-refractivity contribution < 1.29 is 9.90 Å².